The molecule has 0 spiro atoms. The van der Waals surface area contributed by atoms with Gasteiger partial charge in [-0.25, -0.2) is 0 Å². The molecule has 2 heteroatoms. The van der Waals surface area contributed by atoms with Crippen LogP contribution in [0.4, 0.5) is 5.69 Å². The second-order valence-corrected chi connectivity index (χ2v) is 3.96. The summed E-state index contributed by atoms with van der Waals surface area (Å²) in [5, 5.41) is 3.04. The Morgan fingerprint density at radius 3 is 2.44 bits per heavy atom. The molecule has 0 heterocycles. The monoisotopic (exact) mass is 243 g/mol. The zero-order chi connectivity index (χ0) is 14.4. The van der Waals surface area contributed by atoms with Gasteiger partial charge >= 0.3 is 0 Å². The molecule has 2 nitrogen and oxygen atoms in total. The van der Waals surface area contributed by atoms with Crippen LogP contribution in [0.3, 0.4) is 0 Å². The lowest BCUT2D eigenvalue weighted by Gasteiger charge is -2.06. The largest absolute Gasteiger partial charge is 0.497 e. The fraction of sp³-hybridized carbons (Fsp3) is 0.250. The summed E-state index contributed by atoms with van der Waals surface area (Å²) in [6.45, 7) is -0.653. The van der Waals surface area contributed by atoms with E-state index >= 15 is 0 Å². The highest BCUT2D eigenvalue weighted by Gasteiger charge is 1.95. The van der Waals surface area contributed by atoms with Crippen molar-refractivity contribution in [3.63, 3.8) is 0 Å². The summed E-state index contributed by atoms with van der Waals surface area (Å²) in [5.74, 6) is 0.806. The number of hydrogen-bond acceptors (Lipinski definition) is 2. The van der Waals surface area contributed by atoms with Gasteiger partial charge in [-0.2, -0.15) is 0 Å². The lowest BCUT2D eigenvalue weighted by atomic mass is 10.1. The maximum atomic E-state index is 8.08. The Hall–Kier alpha value is -1.96. The van der Waals surface area contributed by atoms with E-state index in [0.717, 1.165) is 17.0 Å². The molecular formula is C16H19NO. The Morgan fingerprint density at radius 1 is 1.06 bits per heavy atom. The van der Waals surface area contributed by atoms with E-state index in [1.165, 1.54) is 0 Å². The van der Waals surface area contributed by atoms with E-state index in [1.807, 2.05) is 54.6 Å². The third kappa shape index (κ3) is 3.81. The lowest BCUT2D eigenvalue weighted by molar-refractivity contribution is 0.414. The summed E-state index contributed by atoms with van der Waals surface area (Å²) in [4.78, 5) is 0. The van der Waals surface area contributed by atoms with Crippen LogP contribution < -0.4 is 10.1 Å². The van der Waals surface area contributed by atoms with Gasteiger partial charge in [0, 0.05) is 14.9 Å². The van der Waals surface area contributed by atoms with E-state index in [1.54, 1.807) is 7.11 Å². The quantitative estimate of drug-likeness (QED) is 0.834. The van der Waals surface area contributed by atoms with Crippen LogP contribution in [0.1, 0.15) is 14.7 Å². The highest BCUT2D eigenvalue weighted by molar-refractivity contribution is 5.42. The van der Waals surface area contributed by atoms with Gasteiger partial charge in [0.25, 0.3) is 0 Å². The van der Waals surface area contributed by atoms with Crippen LogP contribution in [0, 0.1) is 0 Å². The second kappa shape index (κ2) is 6.70. The minimum atomic E-state index is -0.653. The van der Waals surface area contributed by atoms with Gasteiger partial charge in [-0.05, 0) is 42.6 Å². The van der Waals surface area contributed by atoms with Crippen LogP contribution in [0.2, 0.25) is 0 Å². The summed E-state index contributed by atoms with van der Waals surface area (Å²) in [7, 11) is 1.63. The van der Waals surface area contributed by atoms with Gasteiger partial charge in [-0.15, -0.1) is 0 Å². The van der Waals surface area contributed by atoms with Crippen LogP contribution in [0.5, 0.6) is 5.75 Å². The fourth-order valence-corrected chi connectivity index (χ4v) is 1.65. The zero-order valence-electron chi connectivity index (χ0n) is 12.5. The third-order valence-corrected chi connectivity index (χ3v) is 2.65. The molecule has 18 heavy (non-hydrogen) atoms. The topological polar surface area (TPSA) is 21.3 Å². The maximum absolute atomic E-state index is 8.08. The molecule has 0 fully saturated rings. The fourth-order valence-electron chi connectivity index (χ4n) is 1.65. The highest BCUT2D eigenvalue weighted by atomic mass is 16.5. The molecule has 1 N–H and O–H groups in total. The average molecular weight is 243 g/mol. The van der Waals surface area contributed by atoms with Gasteiger partial charge in [-0.1, -0.05) is 30.3 Å². The normalized spacial score (nSPS) is 15.2. The smallest absolute Gasteiger partial charge is 0.118 e. The molecule has 0 bridgehead atoms. The Bertz CT molecular complexity index is 516. The van der Waals surface area contributed by atoms with E-state index in [-0.39, 0.29) is 0 Å². The van der Waals surface area contributed by atoms with Crippen molar-refractivity contribution in [1.82, 2.24) is 0 Å². The summed E-state index contributed by atoms with van der Waals surface area (Å²) in [6, 6.07) is 17.2. The van der Waals surface area contributed by atoms with E-state index < -0.39 is 12.9 Å². The molecule has 0 amide bonds. The number of hydrogen-bond donors (Lipinski definition) is 1. The van der Waals surface area contributed by atoms with Crippen molar-refractivity contribution in [1.29, 1.82) is 0 Å². The molecule has 2 aromatic rings. The van der Waals surface area contributed by atoms with Gasteiger partial charge in [0.1, 0.15) is 5.75 Å². The third-order valence-electron chi connectivity index (χ3n) is 2.65. The van der Waals surface area contributed by atoms with Crippen LogP contribution in [0.25, 0.3) is 0 Å². The van der Waals surface area contributed by atoms with Crippen LogP contribution in [-0.2, 0) is 6.42 Å². The van der Waals surface area contributed by atoms with Crippen molar-refractivity contribution in [2.24, 2.45) is 0 Å². The van der Waals surface area contributed by atoms with Crippen LogP contribution in [-0.4, -0.2) is 13.6 Å². The minimum absolute atomic E-state index is 0.524. The molecule has 0 saturated heterocycles. The maximum Gasteiger partial charge on any atom is 0.118 e. The molecule has 2 aromatic carbocycles. The van der Waals surface area contributed by atoms with Gasteiger partial charge in [0.2, 0.25) is 0 Å². The van der Waals surface area contributed by atoms with Crippen LogP contribution in [0.15, 0.2) is 54.6 Å². The first kappa shape index (κ1) is 10.0. The van der Waals surface area contributed by atoms with Crippen LogP contribution >= 0.6 is 0 Å². The number of ether oxygens (including phenoxy) is 1. The minimum Gasteiger partial charge on any atom is -0.497 e. The Labute approximate surface area is 111 Å². The average Bonchev–Trinajstić information content (AvgIpc) is 2.49. The molecular weight excluding hydrogens is 222 g/mol. The predicted octanol–water partition coefficient (Wildman–Crippen LogP) is 3.74. The highest BCUT2D eigenvalue weighted by Crippen LogP contribution is 2.12. The standard InChI is InChI=1S/C16H19NO/c1-18-16-11-9-14(10-12-16)6-5-13-17-15-7-3-2-4-8-15/h2-4,7-12,17H,5-6,13H2,1H3/i5D,13D. The van der Waals surface area contributed by atoms with Crippen molar-refractivity contribution >= 4 is 5.69 Å². The second-order valence-electron chi connectivity index (χ2n) is 3.96. The SMILES string of the molecule is [2H]C(Cc1ccc(OC)cc1)C([2H])Nc1ccccc1. The molecule has 0 aliphatic rings. The Kier molecular flexibility index (Phi) is 3.72. The first-order chi connectivity index (χ1) is 9.69. The van der Waals surface area contributed by atoms with E-state index in [2.05, 4.69) is 5.32 Å². The molecule has 0 aromatic heterocycles. The predicted molar refractivity (Wildman–Crippen MR) is 76.2 cm³/mol. The summed E-state index contributed by atoms with van der Waals surface area (Å²) < 4.78 is 21.2. The van der Waals surface area contributed by atoms with E-state index in [9.17, 15) is 0 Å². The number of anilines is 1. The molecule has 94 valence electrons. The summed E-state index contributed by atoms with van der Waals surface area (Å²) >= 11 is 0. The number of aryl methyl sites for hydroxylation is 1. The van der Waals surface area contributed by atoms with Gasteiger partial charge in [0.15, 0.2) is 0 Å². The van der Waals surface area contributed by atoms with Crippen molar-refractivity contribution < 1.29 is 7.48 Å². The van der Waals surface area contributed by atoms with Gasteiger partial charge < -0.3 is 10.1 Å². The number of nitrogens with one attached hydrogen (secondary N) is 1. The van der Waals surface area contributed by atoms with Crippen molar-refractivity contribution in [2.45, 2.75) is 12.8 Å². The molecule has 2 rings (SSSR count). The summed E-state index contributed by atoms with van der Waals surface area (Å²) in [6.07, 6.45) is 0.0152. The first-order valence-corrected chi connectivity index (χ1v) is 5.98. The first-order valence-electron chi connectivity index (χ1n) is 7.13. The van der Waals surface area contributed by atoms with E-state index in [0.29, 0.717) is 6.42 Å². The molecule has 2 atom stereocenters. The van der Waals surface area contributed by atoms with Gasteiger partial charge in [-0.3, -0.25) is 0 Å². The molecule has 0 radical (unpaired) electrons. The molecule has 0 saturated carbocycles. The van der Waals surface area contributed by atoms with Crippen molar-refractivity contribution in [3.8, 4) is 5.75 Å². The lowest BCUT2D eigenvalue weighted by Crippen LogP contribution is -2.02. The van der Waals surface area contributed by atoms with Gasteiger partial charge in [0.05, 0.1) is 7.11 Å². The number of rotatable bonds is 6. The number of benzene rings is 2. The van der Waals surface area contributed by atoms with E-state index in [4.69, 9.17) is 7.48 Å². The Balaban J connectivity index is 1.91. The Morgan fingerprint density at radius 2 is 1.78 bits per heavy atom. The zero-order valence-corrected chi connectivity index (χ0v) is 10.5. The number of para-hydroxylation sites is 1. The summed E-state index contributed by atoms with van der Waals surface area (Å²) in [5.41, 5.74) is 1.91. The van der Waals surface area contributed by atoms with Crippen molar-refractivity contribution in [2.75, 3.05) is 18.9 Å². The molecule has 2 unspecified atom stereocenters. The van der Waals surface area contributed by atoms with Crippen molar-refractivity contribution in [3.05, 3.63) is 60.2 Å². The number of methoxy groups -OCH3 is 1. The molecule has 0 aliphatic heterocycles. The molecule has 0 aliphatic carbocycles.